The number of amides is 1. The fourth-order valence-corrected chi connectivity index (χ4v) is 4.27. The summed E-state index contributed by atoms with van der Waals surface area (Å²) in [6, 6.07) is 3.12. The first-order valence-electron chi connectivity index (χ1n) is 8.02. The van der Waals surface area contributed by atoms with E-state index in [4.69, 9.17) is 28.3 Å². The van der Waals surface area contributed by atoms with Crippen molar-refractivity contribution in [1.29, 1.82) is 0 Å². The molecule has 1 fully saturated rings. The van der Waals surface area contributed by atoms with Gasteiger partial charge in [0, 0.05) is 43.5 Å². The van der Waals surface area contributed by atoms with Gasteiger partial charge in [0.25, 0.3) is 0 Å². The van der Waals surface area contributed by atoms with Crippen LogP contribution in [0, 0.1) is 0 Å². The number of phenols is 1. The number of halogens is 2. The van der Waals surface area contributed by atoms with Crippen molar-refractivity contribution in [2.45, 2.75) is 31.2 Å². The molecule has 2 aliphatic heterocycles. The molecular weight excluding hydrogens is 367 g/mol. The molecule has 1 amide bonds. The zero-order valence-electron chi connectivity index (χ0n) is 13.2. The first-order valence-corrected chi connectivity index (χ1v) is 8.78. The Morgan fingerprint density at radius 2 is 2.00 bits per heavy atom. The van der Waals surface area contributed by atoms with Gasteiger partial charge in [-0.3, -0.25) is 0 Å². The van der Waals surface area contributed by atoms with Crippen molar-refractivity contribution in [3.8, 4) is 5.75 Å². The van der Waals surface area contributed by atoms with Crippen LogP contribution in [0.4, 0.5) is 4.79 Å². The molecule has 9 heteroatoms. The minimum atomic E-state index is -0.905. The molecule has 25 heavy (non-hydrogen) atoms. The van der Waals surface area contributed by atoms with Crippen LogP contribution in [0.25, 0.3) is 0 Å². The molecule has 4 rings (SSSR count). The Balaban J connectivity index is 1.60. The number of carboxylic acid groups (broad SMARTS) is 1. The zero-order chi connectivity index (χ0) is 17.7. The van der Waals surface area contributed by atoms with Crippen LogP contribution in [0.1, 0.15) is 35.5 Å². The first kappa shape index (κ1) is 16.5. The average Bonchev–Trinajstić information content (AvgIpc) is 3.26. The highest BCUT2D eigenvalue weighted by atomic mass is 35.5. The van der Waals surface area contributed by atoms with Crippen LogP contribution >= 0.6 is 23.2 Å². The molecule has 0 bridgehead atoms. The summed E-state index contributed by atoms with van der Waals surface area (Å²) in [5.74, 6) is 1.76. The van der Waals surface area contributed by atoms with Crippen LogP contribution in [0.3, 0.4) is 0 Å². The lowest BCUT2D eigenvalue weighted by molar-refractivity contribution is 0.155. The highest BCUT2D eigenvalue weighted by Gasteiger charge is 2.36. The second kappa shape index (κ2) is 6.07. The Labute approximate surface area is 153 Å². The number of aromatic nitrogens is 3. The maximum absolute atomic E-state index is 11.1. The van der Waals surface area contributed by atoms with Crippen molar-refractivity contribution < 1.29 is 15.0 Å². The zero-order valence-corrected chi connectivity index (χ0v) is 14.7. The van der Waals surface area contributed by atoms with Crippen molar-refractivity contribution in [1.82, 2.24) is 19.7 Å². The normalized spacial score (nSPS) is 22.4. The lowest BCUT2D eigenvalue weighted by atomic mass is 9.96. The lowest BCUT2D eigenvalue weighted by Gasteiger charge is -2.16. The van der Waals surface area contributed by atoms with E-state index in [-0.39, 0.29) is 17.6 Å². The predicted molar refractivity (Wildman–Crippen MR) is 91.5 cm³/mol. The molecule has 2 aliphatic rings. The summed E-state index contributed by atoms with van der Waals surface area (Å²) in [6.07, 6.45) is 0.436. The van der Waals surface area contributed by atoms with Crippen molar-refractivity contribution in [2.75, 3.05) is 13.1 Å². The molecule has 0 radical (unpaired) electrons. The van der Waals surface area contributed by atoms with Gasteiger partial charge in [0.05, 0.1) is 10.0 Å². The van der Waals surface area contributed by atoms with Gasteiger partial charge in [-0.15, -0.1) is 10.2 Å². The number of benzene rings is 1. The third kappa shape index (κ3) is 2.71. The lowest BCUT2D eigenvalue weighted by Crippen LogP contribution is -2.26. The summed E-state index contributed by atoms with van der Waals surface area (Å²) in [5.41, 5.74) is 0.629. The largest absolute Gasteiger partial charge is 0.508 e. The number of nitrogens with zero attached hydrogens (tertiary/aromatic N) is 4. The number of carbonyl (C=O) groups is 1. The van der Waals surface area contributed by atoms with E-state index in [9.17, 15) is 9.90 Å². The van der Waals surface area contributed by atoms with E-state index >= 15 is 0 Å². The van der Waals surface area contributed by atoms with E-state index in [1.807, 2.05) is 4.57 Å². The van der Waals surface area contributed by atoms with E-state index < -0.39 is 6.09 Å². The van der Waals surface area contributed by atoms with Crippen molar-refractivity contribution in [3.63, 3.8) is 0 Å². The quantitative estimate of drug-likeness (QED) is 0.832. The Kier molecular flexibility index (Phi) is 4.00. The molecule has 2 atom stereocenters. The van der Waals surface area contributed by atoms with Gasteiger partial charge in [0.15, 0.2) is 0 Å². The molecule has 0 spiro atoms. The molecule has 0 saturated carbocycles. The SMILES string of the molecule is O=C(O)N1CCC(c2nnc3n2CC(c2c(O)ccc(Cl)c2Cl)C3)C1. The molecule has 7 nitrogen and oxygen atoms in total. The van der Waals surface area contributed by atoms with E-state index in [2.05, 4.69) is 10.2 Å². The first-order chi connectivity index (χ1) is 12.0. The van der Waals surface area contributed by atoms with Gasteiger partial charge in [-0.25, -0.2) is 4.79 Å². The topological polar surface area (TPSA) is 91.5 Å². The van der Waals surface area contributed by atoms with E-state index in [1.54, 1.807) is 12.1 Å². The maximum Gasteiger partial charge on any atom is 0.407 e. The third-order valence-electron chi connectivity index (χ3n) is 5.03. The van der Waals surface area contributed by atoms with Gasteiger partial charge in [0.2, 0.25) is 0 Å². The third-order valence-corrected chi connectivity index (χ3v) is 5.85. The standard InChI is InChI=1S/C16H16Cl2N4O3/c17-10-1-2-11(23)13(14(10)18)9-5-12-19-20-15(22(12)7-9)8-3-4-21(6-8)16(24)25/h1-2,8-9,23H,3-7H2,(H,24,25). The molecule has 2 aromatic rings. The van der Waals surface area contributed by atoms with Crippen molar-refractivity contribution in [3.05, 3.63) is 39.4 Å². The molecule has 1 saturated heterocycles. The average molecular weight is 383 g/mol. The monoisotopic (exact) mass is 382 g/mol. The summed E-state index contributed by atoms with van der Waals surface area (Å²) in [6.45, 7) is 1.53. The van der Waals surface area contributed by atoms with Gasteiger partial charge >= 0.3 is 6.09 Å². The summed E-state index contributed by atoms with van der Waals surface area (Å²) in [4.78, 5) is 12.5. The Bertz CT molecular complexity index is 854. The van der Waals surface area contributed by atoms with Crippen LogP contribution in [0.5, 0.6) is 5.75 Å². The second-order valence-corrected chi connectivity index (χ2v) is 7.28. The fraction of sp³-hybridized carbons (Fsp3) is 0.438. The molecule has 1 aromatic carbocycles. The van der Waals surface area contributed by atoms with Crippen molar-refractivity contribution >= 4 is 29.3 Å². The molecule has 2 unspecified atom stereocenters. The van der Waals surface area contributed by atoms with Gasteiger partial charge < -0.3 is 19.7 Å². The highest BCUT2D eigenvalue weighted by molar-refractivity contribution is 6.42. The van der Waals surface area contributed by atoms with Gasteiger partial charge in [0.1, 0.15) is 17.4 Å². The summed E-state index contributed by atoms with van der Waals surface area (Å²) < 4.78 is 2.03. The molecular formula is C16H16Cl2N4O3. The van der Waals surface area contributed by atoms with Gasteiger partial charge in [-0.2, -0.15) is 0 Å². The predicted octanol–water partition coefficient (Wildman–Crippen LogP) is 3.10. The number of hydrogen-bond donors (Lipinski definition) is 2. The number of fused-ring (bicyclic) bond motifs is 1. The number of phenolic OH excluding ortho intramolecular Hbond substituents is 1. The van der Waals surface area contributed by atoms with E-state index in [1.165, 1.54) is 4.90 Å². The molecule has 2 N–H and O–H groups in total. The Morgan fingerprint density at radius 3 is 2.72 bits per heavy atom. The van der Waals surface area contributed by atoms with Gasteiger partial charge in [-0.1, -0.05) is 23.2 Å². The van der Waals surface area contributed by atoms with Crippen LogP contribution in [-0.4, -0.2) is 49.1 Å². The number of likely N-dealkylation sites (tertiary alicyclic amines) is 1. The minimum absolute atomic E-state index is 0.0348. The molecule has 0 aliphatic carbocycles. The van der Waals surface area contributed by atoms with Crippen molar-refractivity contribution in [2.24, 2.45) is 0 Å². The number of hydrogen-bond acceptors (Lipinski definition) is 4. The van der Waals surface area contributed by atoms with Crippen LogP contribution < -0.4 is 0 Å². The highest BCUT2D eigenvalue weighted by Crippen LogP contribution is 2.42. The van der Waals surface area contributed by atoms with Crippen LogP contribution in [-0.2, 0) is 13.0 Å². The number of aromatic hydroxyl groups is 1. The van der Waals surface area contributed by atoms with Crippen LogP contribution in [0.2, 0.25) is 10.0 Å². The molecule has 1 aromatic heterocycles. The summed E-state index contributed by atoms with van der Waals surface area (Å²) in [5, 5.41) is 28.6. The summed E-state index contributed by atoms with van der Waals surface area (Å²) in [7, 11) is 0. The minimum Gasteiger partial charge on any atom is -0.508 e. The fourth-order valence-electron chi connectivity index (χ4n) is 3.79. The Hall–Kier alpha value is -1.99. The summed E-state index contributed by atoms with van der Waals surface area (Å²) >= 11 is 12.4. The Morgan fingerprint density at radius 1 is 1.20 bits per heavy atom. The van der Waals surface area contributed by atoms with Crippen LogP contribution in [0.15, 0.2) is 12.1 Å². The maximum atomic E-state index is 11.1. The smallest absolute Gasteiger partial charge is 0.407 e. The second-order valence-electron chi connectivity index (χ2n) is 6.49. The van der Waals surface area contributed by atoms with Gasteiger partial charge in [-0.05, 0) is 18.6 Å². The number of rotatable bonds is 2. The molecule has 132 valence electrons. The van der Waals surface area contributed by atoms with E-state index in [0.29, 0.717) is 41.7 Å². The molecule has 3 heterocycles. The van der Waals surface area contributed by atoms with E-state index in [0.717, 1.165) is 18.1 Å².